The molecule has 1 aromatic heterocycles. The van der Waals surface area contributed by atoms with Crippen molar-refractivity contribution in [1.82, 2.24) is 9.97 Å². The number of aryl methyl sites for hydroxylation is 1. The number of fused-ring (bicyclic) bond motifs is 1. The molecule has 0 N–H and O–H groups in total. The molecule has 4 rings (SSSR count). The maximum Gasteiger partial charge on any atom is 0.227 e. The van der Waals surface area contributed by atoms with Crippen molar-refractivity contribution >= 4 is 17.5 Å². The first-order valence-corrected chi connectivity index (χ1v) is 8.67. The Kier molecular flexibility index (Phi) is 4.10. The van der Waals surface area contributed by atoms with Crippen molar-refractivity contribution in [2.75, 3.05) is 23.4 Å². The van der Waals surface area contributed by atoms with E-state index in [0.29, 0.717) is 0 Å². The molecule has 4 heteroatoms. The topological polar surface area (TPSA) is 32.3 Å². The molecule has 3 aromatic rings. The van der Waals surface area contributed by atoms with Crippen LogP contribution in [0.3, 0.4) is 0 Å². The van der Waals surface area contributed by atoms with Gasteiger partial charge in [-0.1, -0.05) is 48.5 Å². The standard InChI is InChI=1S/C21H22N4/c1-16-14-20(25-13-12-18-10-6-7-11-19(18)25)23-21(22-16)24(2)15-17-8-4-3-5-9-17/h3-11,14H,12-13,15H2,1-2H3. The van der Waals surface area contributed by atoms with Crippen LogP contribution in [0.15, 0.2) is 60.7 Å². The first kappa shape index (κ1) is 15.6. The van der Waals surface area contributed by atoms with E-state index in [9.17, 15) is 0 Å². The van der Waals surface area contributed by atoms with Crippen LogP contribution >= 0.6 is 0 Å². The Bertz CT molecular complexity index is 876. The van der Waals surface area contributed by atoms with E-state index in [1.807, 2.05) is 20.0 Å². The molecule has 0 fully saturated rings. The third-order valence-electron chi connectivity index (χ3n) is 4.60. The molecule has 25 heavy (non-hydrogen) atoms. The summed E-state index contributed by atoms with van der Waals surface area (Å²) in [5, 5.41) is 0. The number of anilines is 3. The first-order valence-electron chi connectivity index (χ1n) is 8.67. The molecule has 0 aliphatic carbocycles. The molecule has 2 heterocycles. The largest absolute Gasteiger partial charge is 0.339 e. The third kappa shape index (κ3) is 3.20. The highest BCUT2D eigenvalue weighted by Crippen LogP contribution is 2.34. The minimum Gasteiger partial charge on any atom is -0.339 e. The molecule has 0 bridgehead atoms. The van der Waals surface area contributed by atoms with Crippen LogP contribution in [-0.2, 0) is 13.0 Å². The number of aromatic nitrogens is 2. The lowest BCUT2D eigenvalue weighted by Crippen LogP contribution is -2.22. The van der Waals surface area contributed by atoms with Gasteiger partial charge in [-0.15, -0.1) is 0 Å². The summed E-state index contributed by atoms with van der Waals surface area (Å²) in [7, 11) is 2.05. The second-order valence-corrected chi connectivity index (χ2v) is 6.54. The van der Waals surface area contributed by atoms with E-state index < -0.39 is 0 Å². The predicted octanol–water partition coefficient (Wildman–Crippen LogP) is 4.12. The number of rotatable bonds is 4. The minimum absolute atomic E-state index is 0.767. The van der Waals surface area contributed by atoms with Gasteiger partial charge in [0.1, 0.15) is 5.82 Å². The fraction of sp³-hybridized carbons (Fsp3) is 0.238. The summed E-state index contributed by atoms with van der Waals surface area (Å²) in [4.78, 5) is 13.9. The first-order chi connectivity index (χ1) is 12.2. The number of para-hydroxylation sites is 1. The van der Waals surface area contributed by atoms with Gasteiger partial charge in [-0.3, -0.25) is 0 Å². The highest BCUT2D eigenvalue weighted by molar-refractivity contribution is 5.68. The van der Waals surface area contributed by atoms with Gasteiger partial charge in [0.2, 0.25) is 5.95 Å². The molecule has 0 unspecified atom stereocenters. The Morgan fingerprint density at radius 3 is 2.60 bits per heavy atom. The van der Waals surface area contributed by atoms with Gasteiger partial charge in [0.15, 0.2) is 0 Å². The van der Waals surface area contributed by atoms with Gasteiger partial charge in [-0.05, 0) is 30.5 Å². The SMILES string of the molecule is Cc1cc(N2CCc3ccccc32)nc(N(C)Cc2ccccc2)n1. The molecule has 0 saturated heterocycles. The average Bonchev–Trinajstić information content (AvgIpc) is 3.06. The van der Waals surface area contributed by atoms with Crippen LogP contribution in [-0.4, -0.2) is 23.6 Å². The molecule has 126 valence electrons. The fourth-order valence-electron chi connectivity index (χ4n) is 3.35. The number of hydrogen-bond acceptors (Lipinski definition) is 4. The Morgan fingerprint density at radius 1 is 1.00 bits per heavy atom. The lowest BCUT2D eigenvalue weighted by atomic mass is 10.2. The zero-order chi connectivity index (χ0) is 17.2. The maximum absolute atomic E-state index is 4.85. The number of hydrogen-bond donors (Lipinski definition) is 0. The normalized spacial score (nSPS) is 13.0. The van der Waals surface area contributed by atoms with Crippen molar-refractivity contribution in [3.63, 3.8) is 0 Å². The van der Waals surface area contributed by atoms with E-state index in [1.165, 1.54) is 16.8 Å². The molecule has 1 aliphatic heterocycles. The van der Waals surface area contributed by atoms with Crippen molar-refractivity contribution in [3.8, 4) is 0 Å². The lowest BCUT2D eigenvalue weighted by molar-refractivity contribution is 0.851. The Morgan fingerprint density at radius 2 is 1.76 bits per heavy atom. The molecule has 0 atom stereocenters. The van der Waals surface area contributed by atoms with Gasteiger partial charge in [0.05, 0.1) is 0 Å². The van der Waals surface area contributed by atoms with E-state index in [2.05, 4.69) is 69.4 Å². The minimum atomic E-state index is 0.767. The molecule has 0 spiro atoms. The van der Waals surface area contributed by atoms with Gasteiger partial charge < -0.3 is 9.80 Å². The molecular weight excluding hydrogens is 308 g/mol. The Balaban J connectivity index is 1.63. The van der Waals surface area contributed by atoms with Crippen LogP contribution in [0.5, 0.6) is 0 Å². The quantitative estimate of drug-likeness (QED) is 0.720. The highest BCUT2D eigenvalue weighted by Gasteiger charge is 2.22. The third-order valence-corrected chi connectivity index (χ3v) is 4.60. The van der Waals surface area contributed by atoms with Crippen LogP contribution in [0.4, 0.5) is 17.5 Å². The molecule has 0 saturated carbocycles. The second kappa shape index (κ2) is 6.55. The zero-order valence-electron chi connectivity index (χ0n) is 14.7. The summed E-state index contributed by atoms with van der Waals surface area (Å²) >= 11 is 0. The van der Waals surface area contributed by atoms with Crippen LogP contribution in [0.2, 0.25) is 0 Å². The van der Waals surface area contributed by atoms with Gasteiger partial charge >= 0.3 is 0 Å². The van der Waals surface area contributed by atoms with Crippen molar-refractivity contribution < 1.29 is 0 Å². The predicted molar refractivity (Wildman–Crippen MR) is 102 cm³/mol. The van der Waals surface area contributed by atoms with Crippen LogP contribution in [0.25, 0.3) is 0 Å². The summed E-state index contributed by atoms with van der Waals surface area (Å²) in [6.45, 7) is 3.80. The number of benzene rings is 2. The summed E-state index contributed by atoms with van der Waals surface area (Å²) in [6.07, 6.45) is 1.06. The fourth-order valence-corrected chi connectivity index (χ4v) is 3.35. The Labute approximate surface area is 148 Å². The van der Waals surface area contributed by atoms with E-state index in [-0.39, 0.29) is 0 Å². The monoisotopic (exact) mass is 330 g/mol. The Hall–Kier alpha value is -2.88. The molecule has 0 radical (unpaired) electrons. The highest BCUT2D eigenvalue weighted by atomic mass is 15.3. The van der Waals surface area contributed by atoms with Crippen LogP contribution in [0, 0.1) is 6.92 Å². The summed E-state index contributed by atoms with van der Waals surface area (Å²) in [5.41, 5.74) is 4.89. The van der Waals surface area contributed by atoms with Gasteiger partial charge in [-0.25, -0.2) is 4.98 Å². The smallest absolute Gasteiger partial charge is 0.227 e. The maximum atomic E-state index is 4.85. The van der Waals surface area contributed by atoms with Gasteiger partial charge in [0, 0.05) is 37.6 Å². The molecular formula is C21H22N4. The van der Waals surface area contributed by atoms with E-state index >= 15 is 0 Å². The summed E-state index contributed by atoms with van der Waals surface area (Å²) in [5.74, 6) is 1.75. The molecule has 2 aromatic carbocycles. The number of nitrogens with zero attached hydrogens (tertiary/aromatic N) is 4. The average molecular weight is 330 g/mol. The van der Waals surface area contributed by atoms with Crippen LogP contribution in [0.1, 0.15) is 16.8 Å². The van der Waals surface area contributed by atoms with E-state index in [0.717, 1.165) is 37.0 Å². The van der Waals surface area contributed by atoms with Crippen molar-refractivity contribution in [1.29, 1.82) is 0 Å². The molecule has 1 aliphatic rings. The summed E-state index contributed by atoms with van der Waals surface area (Å²) in [6, 6.07) is 21.1. The lowest BCUT2D eigenvalue weighted by Gasteiger charge is -2.22. The van der Waals surface area contributed by atoms with Gasteiger partial charge in [0.25, 0.3) is 0 Å². The second-order valence-electron chi connectivity index (χ2n) is 6.54. The summed E-state index contributed by atoms with van der Waals surface area (Å²) < 4.78 is 0. The van der Waals surface area contributed by atoms with E-state index in [1.54, 1.807) is 0 Å². The van der Waals surface area contributed by atoms with Gasteiger partial charge in [-0.2, -0.15) is 4.98 Å². The van der Waals surface area contributed by atoms with E-state index in [4.69, 9.17) is 4.98 Å². The van der Waals surface area contributed by atoms with Crippen molar-refractivity contribution in [2.24, 2.45) is 0 Å². The molecule has 0 amide bonds. The van der Waals surface area contributed by atoms with Crippen molar-refractivity contribution in [3.05, 3.63) is 77.5 Å². The van der Waals surface area contributed by atoms with Crippen molar-refractivity contribution in [2.45, 2.75) is 19.9 Å². The van der Waals surface area contributed by atoms with Crippen LogP contribution < -0.4 is 9.80 Å². The molecule has 4 nitrogen and oxygen atoms in total. The zero-order valence-corrected chi connectivity index (χ0v) is 14.7.